The largest absolute Gasteiger partial charge is 0.504 e. The van der Waals surface area contributed by atoms with Crippen LogP contribution < -0.4 is 10.5 Å². The summed E-state index contributed by atoms with van der Waals surface area (Å²) in [6.45, 7) is 2.14. The number of nitrogens with two attached hydrogens (primary N) is 1. The van der Waals surface area contributed by atoms with Gasteiger partial charge in [0.15, 0.2) is 11.5 Å². The maximum Gasteiger partial charge on any atom is 0.160 e. The summed E-state index contributed by atoms with van der Waals surface area (Å²) in [7, 11) is 1.54. The van der Waals surface area contributed by atoms with Gasteiger partial charge in [-0.1, -0.05) is 25.8 Å². The van der Waals surface area contributed by atoms with Crippen LogP contribution in [0.5, 0.6) is 11.5 Å². The van der Waals surface area contributed by atoms with E-state index in [0.717, 1.165) is 24.8 Å². The van der Waals surface area contributed by atoms with E-state index in [1.54, 1.807) is 12.1 Å². The molecular weight excluding hydrogens is 226 g/mol. The molecule has 3 nitrogen and oxygen atoms in total. The quantitative estimate of drug-likeness (QED) is 0.839. The van der Waals surface area contributed by atoms with Crippen LogP contribution in [0.2, 0.25) is 0 Å². The molecule has 0 heterocycles. The fourth-order valence-electron chi connectivity index (χ4n) is 1.52. The summed E-state index contributed by atoms with van der Waals surface area (Å²) in [5, 5.41) is 9.43. The van der Waals surface area contributed by atoms with Gasteiger partial charge in [-0.05, 0) is 24.1 Å². The van der Waals surface area contributed by atoms with E-state index in [9.17, 15) is 5.11 Å². The van der Waals surface area contributed by atoms with Crippen LogP contribution in [0.15, 0.2) is 18.2 Å². The molecule has 1 rings (SSSR count). The molecule has 0 saturated heterocycles. The number of aromatic hydroxyl groups is 1. The summed E-state index contributed by atoms with van der Waals surface area (Å²) < 4.78 is 5.03. The summed E-state index contributed by atoms with van der Waals surface area (Å²) in [5.41, 5.74) is 7.03. The smallest absolute Gasteiger partial charge is 0.160 e. The molecule has 16 heavy (non-hydrogen) atoms. The Morgan fingerprint density at radius 3 is 2.69 bits per heavy atom. The third-order valence-electron chi connectivity index (χ3n) is 2.50. The van der Waals surface area contributed by atoms with E-state index < -0.39 is 0 Å². The van der Waals surface area contributed by atoms with Crippen LogP contribution in [0.4, 0.5) is 0 Å². The summed E-state index contributed by atoms with van der Waals surface area (Å²) in [6, 6.07) is 5.30. The van der Waals surface area contributed by atoms with Crippen molar-refractivity contribution in [1.82, 2.24) is 0 Å². The number of unbranched alkanes of at least 4 members (excludes halogenated alkanes) is 1. The molecule has 92 valence electrons. The SMILES string of the molecule is CCCC[C@H](N)c1ccc(O)c(OC)c1.Cl. The molecule has 0 unspecified atom stereocenters. The van der Waals surface area contributed by atoms with Gasteiger partial charge in [0, 0.05) is 6.04 Å². The predicted molar refractivity (Wildman–Crippen MR) is 68.4 cm³/mol. The molecule has 0 aliphatic carbocycles. The number of phenolic OH excluding ortho intramolecular Hbond substituents is 1. The number of halogens is 1. The van der Waals surface area contributed by atoms with Crippen molar-refractivity contribution in [3.05, 3.63) is 23.8 Å². The van der Waals surface area contributed by atoms with Crippen LogP contribution in [-0.4, -0.2) is 12.2 Å². The van der Waals surface area contributed by atoms with Crippen molar-refractivity contribution in [2.75, 3.05) is 7.11 Å². The molecule has 0 radical (unpaired) electrons. The second kappa shape index (κ2) is 7.36. The number of ether oxygens (including phenoxy) is 1. The van der Waals surface area contributed by atoms with Crippen LogP contribution in [0.1, 0.15) is 37.8 Å². The molecule has 1 atom stereocenters. The van der Waals surface area contributed by atoms with Gasteiger partial charge in [0.1, 0.15) is 0 Å². The Kier molecular flexibility index (Phi) is 6.93. The van der Waals surface area contributed by atoms with Crippen molar-refractivity contribution < 1.29 is 9.84 Å². The monoisotopic (exact) mass is 245 g/mol. The molecule has 0 aromatic heterocycles. The van der Waals surface area contributed by atoms with E-state index >= 15 is 0 Å². The first-order valence-corrected chi connectivity index (χ1v) is 5.31. The molecule has 0 amide bonds. The highest BCUT2D eigenvalue weighted by atomic mass is 35.5. The van der Waals surface area contributed by atoms with E-state index in [2.05, 4.69) is 6.92 Å². The summed E-state index contributed by atoms with van der Waals surface area (Å²) in [6.07, 6.45) is 3.22. The van der Waals surface area contributed by atoms with Crippen LogP contribution in [0.3, 0.4) is 0 Å². The lowest BCUT2D eigenvalue weighted by molar-refractivity contribution is 0.372. The molecule has 0 saturated carbocycles. The van der Waals surface area contributed by atoms with Gasteiger partial charge in [-0.25, -0.2) is 0 Å². The zero-order valence-electron chi connectivity index (χ0n) is 9.77. The first-order valence-electron chi connectivity index (χ1n) is 5.31. The lowest BCUT2D eigenvalue weighted by Gasteiger charge is -2.13. The van der Waals surface area contributed by atoms with Gasteiger partial charge in [-0.15, -0.1) is 12.4 Å². The Morgan fingerprint density at radius 2 is 2.12 bits per heavy atom. The third kappa shape index (κ3) is 3.91. The minimum Gasteiger partial charge on any atom is -0.504 e. The molecule has 0 aliphatic heterocycles. The molecule has 0 aliphatic rings. The van der Waals surface area contributed by atoms with E-state index in [4.69, 9.17) is 10.5 Å². The van der Waals surface area contributed by atoms with Gasteiger partial charge in [0.25, 0.3) is 0 Å². The minimum absolute atomic E-state index is 0. The molecule has 1 aromatic carbocycles. The lowest BCUT2D eigenvalue weighted by Crippen LogP contribution is -2.09. The first-order chi connectivity index (χ1) is 7.19. The van der Waals surface area contributed by atoms with Crippen LogP contribution in [-0.2, 0) is 0 Å². The molecule has 1 aromatic rings. The van der Waals surface area contributed by atoms with E-state index in [-0.39, 0.29) is 24.2 Å². The Labute approximate surface area is 103 Å². The minimum atomic E-state index is 0. The highest BCUT2D eigenvalue weighted by molar-refractivity contribution is 5.85. The summed E-state index contributed by atoms with van der Waals surface area (Å²) in [5.74, 6) is 0.642. The van der Waals surface area contributed by atoms with Crippen molar-refractivity contribution >= 4 is 12.4 Å². The Morgan fingerprint density at radius 1 is 1.44 bits per heavy atom. The van der Waals surface area contributed by atoms with E-state index in [1.807, 2.05) is 6.07 Å². The number of phenols is 1. The van der Waals surface area contributed by atoms with Crippen molar-refractivity contribution in [2.45, 2.75) is 32.2 Å². The maximum absolute atomic E-state index is 9.43. The maximum atomic E-state index is 9.43. The van der Waals surface area contributed by atoms with Gasteiger partial charge < -0.3 is 15.6 Å². The molecule has 4 heteroatoms. The number of hydrogen-bond donors (Lipinski definition) is 2. The van der Waals surface area contributed by atoms with E-state index in [0.29, 0.717) is 5.75 Å². The van der Waals surface area contributed by atoms with Gasteiger partial charge in [-0.2, -0.15) is 0 Å². The van der Waals surface area contributed by atoms with Crippen molar-refractivity contribution in [1.29, 1.82) is 0 Å². The van der Waals surface area contributed by atoms with Crippen LogP contribution in [0, 0.1) is 0 Å². The van der Waals surface area contributed by atoms with Gasteiger partial charge >= 0.3 is 0 Å². The Balaban J connectivity index is 0.00000225. The van der Waals surface area contributed by atoms with Gasteiger partial charge in [0.2, 0.25) is 0 Å². The molecule has 3 N–H and O–H groups in total. The number of benzene rings is 1. The van der Waals surface area contributed by atoms with E-state index in [1.165, 1.54) is 7.11 Å². The molecule has 0 fully saturated rings. The second-order valence-corrected chi connectivity index (χ2v) is 3.68. The van der Waals surface area contributed by atoms with Crippen LogP contribution in [0.25, 0.3) is 0 Å². The van der Waals surface area contributed by atoms with Crippen molar-refractivity contribution in [2.24, 2.45) is 5.73 Å². The average Bonchev–Trinajstić information content (AvgIpc) is 2.26. The topological polar surface area (TPSA) is 55.5 Å². The Bertz CT molecular complexity index is 318. The normalized spacial score (nSPS) is 11.7. The third-order valence-corrected chi connectivity index (χ3v) is 2.50. The number of hydrogen-bond acceptors (Lipinski definition) is 3. The fourth-order valence-corrected chi connectivity index (χ4v) is 1.52. The first kappa shape index (κ1) is 15.1. The molecule has 0 bridgehead atoms. The molecule has 0 spiro atoms. The highest BCUT2D eigenvalue weighted by Gasteiger charge is 2.08. The zero-order chi connectivity index (χ0) is 11.3. The number of methoxy groups -OCH3 is 1. The highest BCUT2D eigenvalue weighted by Crippen LogP contribution is 2.29. The van der Waals surface area contributed by atoms with Crippen molar-refractivity contribution in [3.63, 3.8) is 0 Å². The predicted octanol–water partition coefficient (Wildman–Crippen LogP) is 3.01. The molecular formula is C12H20ClNO2. The standard InChI is InChI=1S/C12H19NO2.ClH/c1-3-4-5-10(13)9-6-7-11(14)12(8-9)15-2;/h6-8,10,14H,3-5,13H2,1-2H3;1H/t10-;/m0./s1. The number of rotatable bonds is 5. The average molecular weight is 246 g/mol. The fraction of sp³-hybridized carbons (Fsp3) is 0.500. The van der Waals surface area contributed by atoms with Crippen LogP contribution >= 0.6 is 12.4 Å². The summed E-state index contributed by atoms with van der Waals surface area (Å²) in [4.78, 5) is 0. The van der Waals surface area contributed by atoms with Gasteiger partial charge in [-0.3, -0.25) is 0 Å². The van der Waals surface area contributed by atoms with Crippen molar-refractivity contribution in [3.8, 4) is 11.5 Å². The summed E-state index contributed by atoms with van der Waals surface area (Å²) >= 11 is 0. The lowest BCUT2D eigenvalue weighted by atomic mass is 10.0. The second-order valence-electron chi connectivity index (χ2n) is 3.68. The Hall–Kier alpha value is -0.930. The van der Waals surface area contributed by atoms with Gasteiger partial charge in [0.05, 0.1) is 7.11 Å². The zero-order valence-corrected chi connectivity index (χ0v) is 10.6.